The number of halogens is 1. The van der Waals surface area contributed by atoms with Crippen molar-refractivity contribution in [2.45, 2.75) is 63.6 Å². The largest absolute Gasteiger partial charge is 0.352 e. The lowest BCUT2D eigenvalue weighted by molar-refractivity contribution is -0.141. The van der Waals surface area contributed by atoms with Crippen molar-refractivity contribution >= 4 is 33.4 Å². The molecule has 9 heteroatoms. The lowest BCUT2D eigenvalue weighted by atomic mass is 10.1. The molecule has 34 heavy (non-hydrogen) atoms. The standard InChI is InChI=1S/C25H34ClN3O4S/c1-5-23(25(31)27-19(2)3)29(18-20-13-15-21(26)16-14-20)24(30)12-9-17-28(4)34(32,33)22-10-7-6-8-11-22/h6-8,10-11,13-16,19,23H,5,9,12,17-18H2,1-4H3,(H,27,31). The summed E-state index contributed by atoms with van der Waals surface area (Å²) in [6.45, 7) is 6.07. The van der Waals surface area contributed by atoms with Gasteiger partial charge >= 0.3 is 0 Å². The average Bonchev–Trinajstić information content (AvgIpc) is 2.80. The molecule has 7 nitrogen and oxygen atoms in total. The maximum atomic E-state index is 13.3. The SMILES string of the molecule is CCC(C(=O)NC(C)C)N(Cc1ccc(Cl)cc1)C(=O)CCCN(C)S(=O)(=O)c1ccccc1. The molecule has 1 unspecified atom stereocenters. The molecule has 0 saturated heterocycles. The van der Waals surface area contributed by atoms with E-state index in [-0.39, 0.29) is 42.3 Å². The summed E-state index contributed by atoms with van der Waals surface area (Å²) < 4.78 is 26.7. The third-order valence-corrected chi connectivity index (χ3v) is 7.52. The summed E-state index contributed by atoms with van der Waals surface area (Å²) in [5.41, 5.74) is 0.859. The van der Waals surface area contributed by atoms with Crippen LogP contribution in [0.25, 0.3) is 0 Å². The predicted molar refractivity (Wildman–Crippen MR) is 135 cm³/mol. The summed E-state index contributed by atoms with van der Waals surface area (Å²) in [5, 5.41) is 3.49. The van der Waals surface area contributed by atoms with Gasteiger partial charge in [-0.25, -0.2) is 12.7 Å². The molecule has 186 valence electrons. The van der Waals surface area contributed by atoms with Crippen molar-refractivity contribution in [3.05, 3.63) is 65.2 Å². The molecule has 0 fully saturated rings. The fourth-order valence-electron chi connectivity index (χ4n) is 3.58. The summed E-state index contributed by atoms with van der Waals surface area (Å²) in [5.74, 6) is -0.408. The van der Waals surface area contributed by atoms with Crippen LogP contribution in [-0.2, 0) is 26.2 Å². The first-order chi connectivity index (χ1) is 16.1. The lowest BCUT2D eigenvalue weighted by Gasteiger charge is -2.31. The Morgan fingerprint density at radius 3 is 2.21 bits per heavy atom. The zero-order valence-electron chi connectivity index (χ0n) is 20.2. The number of carbonyl (C=O) groups excluding carboxylic acids is 2. The minimum absolute atomic E-state index is 0.0501. The number of sulfonamides is 1. The number of nitrogens with zero attached hydrogens (tertiary/aromatic N) is 2. The molecule has 0 radical (unpaired) electrons. The molecule has 0 heterocycles. The van der Waals surface area contributed by atoms with E-state index in [1.807, 2.05) is 32.9 Å². The van der Waals surface area contributed by atoms with Gasteiger partial charge in [-0.2, -0.15) is 0 Å². The van der Waals surface area contributed by atoms with E-state index in [0.29, 0.717) is 17.9 Å². The molecular weight excluding hydrogens is 474 g/mol. The van der Waals surface area contributed by atoms with Crippen LogP contribution in [0.4, 0.5) is 0 Å². The molecule has 2 amide bonds. The Morgan fingerprint density at radius 1 is 1.03 bits per heavy atom. The third kappa shape index (κ3) is 7.82. The zero-order chi connectivity index (χ0) is 25.3. The van der Waals surface area contributed by atoms with E-state index in [1.54, 1.807) is 47.4 Å². The highest BCUT2D eigenvalue weighted by Gasteiger charge is 2.29. The fraction of sp³-hybridized carbons (Fsp3) is 0.440. The molecule has 0 bridgehead atoms. The van der Waals surface area contributed by atoms with Gasteiger partial charge in [-0.3, -0.25) is 9.59 Å². The van der Waals surface area contributed by atoms with Gasteiger partial charge in [0.15, 0.2) is 0 Å². The summed E-state index contributed by atoms with van der Waals surface area (Å²) in [7, 11) is -2.12. The van der Waals surface area contributed by atoms with E-state index >= 15 is 0 Å². The molecular formula is C25H34ClN3O4S. The molecule has 0 aromatic heterocycles. The lowest BCUT2D eigenvalue weighted by Crippen LogP contribution is -2.50. The molecule has 1 N–H and O–H groups in total. The average molecular weight is 508 g/mol. The summed E-state index contributed by atoms with van der Waals surface area (Å²) in [6, 6.07) is 14.7. The first-order valence-electron chi connectivity index (χ1n) is 11.4. The van der Waals surface area contributed by atoms with Gasteiger partial charge in [-0.1, -0.05) is 48.9 Å². The van der Waals surface area contributed by atoms with Gasteiger partial charge in [0.2, 0.25) is 21.8 Å². The van der Waals surface area contributed by atoms with Crippen molar-refractivity contribution in [2.75, 3.05) is 13.6 Å². The quantitative estimate of drug-likeness (QED) is 0.469. The Morgan fingerprint density at radius 2 is 1.65 bits per heavy atom. The van der Waals surface area contributed by atoms with Gasteiger partial charge in [0.25, 0.3) is 0 Å². The molecule has 2 rings (SSSR count). The van der Waals surface area contributed by atoms with Gasteiger partial charge in [0.05, 0.1) is 4.90 Å². The highest BCUT2D eigenvalue weighted by atomic mass is 35.5. The van der Waals surface area contributed by atoms with E-state index in [1.165, 1.54) is 11.4 Å². The molecule has 0 aliphatic carbocycles. The van der Waals surface area contributed by atoms with Crippen LogP contribution in [0.5, 0.6) is 0 Å². The molecule has 0 aliphatic heterocycles. The summed E-state index contributed by atoms with van der Waals surface area (Å²) in [6.07, 6.45) is 0.911. The van der Waals surface area contributed by atoms with Crippen LogP contribution in [0.2, 0.25) is 5.02 Å². The molecule has 2 aromatic rings. The Kier molecular flexibility index (Phi) is 10.5. The topological polar surface area (TPSA) is 86.8 Å². The minimum Gasteiger partial charge on any atom is -0.352 e. The highest BCUT2D eigenvalue weighted by Crippen LogP contribution is 2.18. The number of nitrogens with one attached hydrogen (secondary N) is 1. The van der Waals surface area contributed by atoms with E-state index in [4.69, 9.17) is 11.6 Å². The number of amides is 2. The Hall–Kier alpha value is -2.42. The van der Waals surface area contributed by atoms with Gasteiger partial charge in [0, 0.05) is 37.6 Å². The normalized spacial score (nSPS) is 12.6. The second-order valence-electron chi connectivity index (χ2n) is 8.48. The van der Waals surface area contributed by atoms with E-state index in [9.17, 15) is 18.0 Å². The first kappa shape index (κ1) is 27.8. The van der Waals surface area contributed by atoms with Crippen LogP contribution in [0.1, 0.15) is 45.6 Å². The summed E-state index contributed by atoms with van der Waals surface area (Å²) in [4.78, 5) is 27.9. The van der Waals surface area contributed by atoms with Crippen LogP contribution < -0.4 is 5.32 Å². The van der Waals surface area contributed by atoms with Crippen molar-refractivity contribution in [3.63, 3.8) is 0 Å². The van der Waals surface area contributed by atoms with Gasteiger partial charge in [-0.15, -0.1) is 0 Å². The molecule has 0 saturated carbocycles. The number of hydrogen-bond donors (Lipinski definition) is 1. The molecule has 1 atom stereocenters. The van der Waals surface area contributed by atoms with E-state index < -0.39 is 16.1 Å². The van der Waals surface area contributed by atoms with E-state index in [0.717, 1.165) is 5.56 Å². The smallest absolute Gasteiger partial charge is 0.243 e. The Balaban J connectivity index is 2.12. The monoisotopic (exact) mass is 507 g/mol. The summed E-state index contributed by atoms with van der Waals surface area (Å²) >= 11 is 5.99. The second-order valence-corrected chi connectivity index (χ2v) is 11.0. The van der Waals surface area contributed by atoms with Crippen molar-refractivity contribution in [3.8, 4) is 0 Å². The van der Waals surface area contributed by atoms with Crippen LogP contribution >= 0.6 is 11.6 Å². The van der Waals surface area contributed by atoms with Crippen molar-refractivity contribution < 1.29 is 18.0 Å². The second kappa shape index (κ2) is 12.9. The Labute approximate surface area is 208 Å². The van der Waals surface area contributed by atoms with Crippen molar-refractivity contribution in [1.82, 2.24) is 14.5 Å². The molecule has 0 spiro atoms. The third-order valence-electron chi connectivity index (χ3n) is 5.40. The fourth-order valence-corrected chi connectivity index (χ4v) is 4.93. The van der Waals surface area contributed by atoms with Crippen molar-refractivity contribution in [2.24, 2.45) is 0 Å². The predicted octanol–water partition coefficient (Wildman–Crippen LogP) is 4.07. The minimum atomic E-state index is -3.63. The van der Waals surface area contributed by atoms with Crippen LogP contribution in [-0.4, -0.2) is 55.1 Å². The number of hydrogen-bond acceptors (Lipinski definition) is 4. The van der Waals surface area contributed by atoms with Crippen LogP contribution in [0, 0.1) is 0 Å². The maximum absolute atomic E-state index is 13.3. The number of carbonyl (C=O) groups is 2. The molecule has 2 aromatic carbocycles. The van der Waals surface area contributed by atoms with Gasteiger partial charge in [-0.05, 0) is 56.5 Å². The van der Waals surface area contributed by atoms with E-state index in [2.05, 4.69) is 5.32 Å². The molecule has 0 aliphatic rings. The maximum Gasteiger partial charge on any atom is 0.243 e. The Bertz CT molecular complexity index is 1040. The van der Waals surface area contributed by atoms with Crippen LogP contribution in [0.15, 0.2) is 59.5 Å². The number of benzene rings is 2. The number of rotatable bonds is 12. The van der Waals surface area contributed by atoms with Crippen molar-refractivity contribution in [1.29, 1.82) is 0 Å². The van der Waals surface area contributed by atoms with Gasteiger partial charge < -0.3 is 10.2 Å². The highest BCUT2D eigenvalue weighted by molar-refractivity contribution is 7.89. The zero-order valence-corrected chi connectivity index (χ0v) is 21.8. The van der Waals surface area contributed by atoms with Crippen LogP contribution in [0.3, 0.4) is 0 Å². The van der Waals surface area contributed by atoms with Gasteiger partial charge in [0.1, 0.15) is 6.04 Å². The first-order valence-corrected chi connectivity index (χ1v) is 13.2.